The molecule has 0 spiro atoms. The second-order valence-corrected chi connectivity index (χ2v) is 20.2. The van der Waals surface area contributed by atoms with E-state index < -0.39 is 36.1 Å². The Bertz CT molecular complexity index is 1790. The number of nitrogens with one attached hydrogen (secondary N) is 2. The summed E-state index contributed by atoms with van der Waals surface area (Å²) < 4.78 is 43.9. The number of benzene rings is 1. The monoisotopic (exact) mass is 1060 g/mol. The summed E-state index contributed by atoms with van der Waals surface area (Å²) in [6.45, 7) is 17.8. The maximum absolute atomic E-state index is 13.0. The van der Waals surface area contributed by atoms with Gasteiger partial charge in [-0.25, -0.2) is 14.4 Å². The fourth-order valence-electron chi connectivity index (χ4n) is 8.64. The van der Waals surface area contributed by atoms with E-state index in [0.717, 1.165) is 63.4 Å². The van der Waals surface area contributed by atoms with Crippen LogP contribution in [0.25, 0.3) is 0 Å². The molecule has 0 aromatic heterocycles. The zero-order valence-corrected chi connectivity index (χ0v) is 46.1. The topological polar surface area (TPSA) is 217 Å². The lowest BCUT2D eigenvalue weighted by Crippen LogP contribution is -2.48. The van der Waals surface area contributed by atoms with E-state index in [9.17, 15) is 33.6 Å². The Hall–Kier alpha value is -5.13. The lowest BCUT2D eigenvalue weighted by molar-refractivity contribution is -0.191. The lowest BCUT2D eigenvalue weighted by atomic mass is 9.86. The normalized spacial score (nSPS) is 18.5. The molecule has 0 aliphatic carbocycles. The van der Waals surface area contributed by atoms with Crippen molar-refractivity contribution in [2.75, 3.05) is 39.6 Å². The predicted octanol–water partition coefficient (Wildman–Crippen LogP) is 9.02. The van der Waals surface area contributed by atoms with E-state index in [1.165, 1.54) is 6.42 Å². The Morgan fingerprint density at radius 1 is 0.653 bits per heavy atom. The van der Waals surface area contributed by atoms with Crippen molar-refractivity contribution in [3.05, 3.63) is 60.7 Å². The summed E-state index contributed by atoms with van der Waals surface area (Å²) in [5.74, 6) is -1.46. The first-order chi connectivity index (χ1) is 36.3. The molecule has 8 atom stereocenters. The zero-order valence-electron chi connectivity index (χ0n) is 46.1. The molecule has 0 saturated carbocycles. The summed E-state index contributed by atoms with van der Waals surface area (Å²) in [5, 5.41) is 5.13. The maximum atomic E-state index is 13.0. The highest BCUT2D eigenvalue weighted by Gasteiger charge is 2.44. The average Bonchev–Trinajstić information content (AvgIpc) is 3.38. The molecule has 75 heavy (non-hydrogen) atoms. The first-order valence-electron chi connectivity index (χ1n) is 27.7. The quantitative estimate of drug-likeness (QED) is 0.0205. The summed E-state index contributed by atoms with van der Waals surface area (Å²) >= 11 is 0. The van der Waals surface area contributed by atoms with Crippen LogP contribution < -0.4 is 10.6 Å². The van der Waals surface area contributed by atoms with Gasteiger partial charge in [-0.15, -0.1) is 6.58 Å². The number of allylic oxidation sites excluding steroid dienone is 2. The van der Waals surface area contributed by atoms with Gasteiger partial charge in [-0.1, -0.05) is 141 Å². The molecule has 2 saturated heterocycles. The van der Waals surface area contributed by atoms with Gasteiger partial charge in [0.05, 0.1) is 44.9 Å². The number of rotatable bonds is 44. The minimum Gasteiger partial charge on any atom is -0.461 e. The predicted molar refractivity (Wildman–Crippen MR) is 285 cm³/mol. The van der Waals surface area contributed by atoms with E-state index >= 15 is 0 Å². The number of amides is 2. The van der Waals surface area contributed by atoms with Crippen molar-refractivity contribution in [3.8, 4) is 0 Å². The minimum atomic E-state index is -0.719. The van der Waals surface area contributed by atoms with Crippen molar-refractivity contribution in [3.63, 3.8) is 0 Å². The number of hydrogen-bond donors (Lipinski definition) is 2. The summed E-state index contributed by atoms with van der Waals surface area (Å²) in [7, 11) is 0. The van der Waals surface area contributed by atoms with Gasteiger partial charge in [0.15, 0.2) is 0 Å². The number of hydrogen-bond acceptors (Lipinski definition) is 15. The number of unbranched alkanes of at least 4 members (excludes halogenated alkanes) is 6. The molecule has 2 N–H and O–H groups in total. The van der Waals surface area contributed by atoms with Crippen molar-refractivity contribution in [1.29, 1.82) is 0 Å². The van der Waals surface area contributed by atoms with Crippen molar-refractivity contribution < 1.29 is 71.5 Å². The summed E-state index contributed by atoms with van der Waals surface area (Å²) in [5.41, 5.74) is 0.920. The molecule has 1 aromatic carbocycles. The average molecular weight is 1060 g/mol. The molecule has 2 amide bonds. The highest BCUT2D eigenvalue weighted by molar-refractivity contribution is 5.80. The first kappa shape index (κ1) is 66.0. The van der Waals surface area contributed by atoms with E-state index in [4.69, 9.17) is 37.9 Å². The fraction of sp³-hybridized carbons (Fsp3) is 0.707. The summed E-state index contributed by atoms with van der Waals surface area (Å²) in [4.78, 5) is 83.2. The number of carbonyl (C=O) groups is 7. The SMILES string of the molecule is C=CCC[C@@H](C[C@@H]1OC(=O)[C@H]1CCCCCC)OC(=O)[C@H](CC(C)C)NC=O.CCCCCC[C@@H]1C(=O)O[C@H]1C[C@H](CC/C=C/COCCOCCOCC(=O)OCc1ccccc1)OC(=O)[C@H](CC(C)C)NC=O. The minimum absolute atomic E-state index is 0.0960. The molecule has 17 heteroatoms. The Balaban J connectivity index is 0.000000585. The van der Waals surface area contributed by atoms with Crippen LogP contribution in [0.5, 0.6) is 0 Å². The molecule has 424 valence electrons. The van der Waals surface area contributed by atoms with Gasteiger partial charge in [0.2, 0.25) is 12.8 Å². The Morgan fingerprint density at radius 2 is 1.15 bits per heavy atom. The smallest absolute Gasteiger partial charge is 0.332 e. The summed E-state index contributed by atoms with van der Waals surface area (Å²) in [6.07, 6.45) is 20.3. The van der Waals surface area contributed by atoms with Crippen molar-refractivity contribution in [2.24, 2.45) is 23.7 Å². The third kappa shape index (κ3) is 29.7. The van der Waals surface area contributed by atoms with Gasteiger partial charge in [-0.05, 0) is 68.8 Å². The molecule has 0 bridgehead atoms. The van der Waals surface area contributed by atoms with Gasteiger partial charge >= 0.3 is 29.8 Å². The van der Waals surface area contributed by atoms with Gasteiger partial charge in [0, 0.05) is 12.8 Å². The number of ether oxygens (including phenoxy) is 8. The van der Waals surface area contributed by atoms with Crippen LogP contribution in [0.1, 0.15) is 163 Å². The molecule has 2 heterocycles. The van der Waals surface area contributed by atoms with E-state index in [1.54, 1.807) is 6.08 Å². The van der Waals surface area contributed by atoms with Crippen LogP contribution in [-0.2, 0) is 78.1 Å². The van der Waals surface area contributed by atoms with Crippen molar-refractivity contribution in [1.82, 2.24) is 10.6 Å². The molecule has 3 rings (SSSR count). The van der Waals surface area contributed by atoms with E-state index in [1.807, 2.05) is 70.2 Å². The maximum Gasteiger partial charge on any atom is 0.332 e. The molecule has 17 nitrogen and oxygen atoms in total. The molecule has 0 radical (unpaired) electrons. The van der Waals surface area contributed by atoms with Crippen LogP contribution in [0, 0.1) is 23.7 Å². The van der Waals surface area contributed by atoms with Crippen molar-refractivity contribution in [2.45, 2.75) is 200 Å². The molecule has 0 unspecified atom stereocenters. The Labute approximate surface area is 447 Å². The van der Waals surface area contributed by atoms with Gasteiger partial charge in [-0.2, -0.15) is 0 Å². The molecule has 2 aliphatic rings. The number of cyclic esters (lactones) is 2. The second kappa shape index (κ2) is 41.1. The highest BCUT2D eigenvalue weighted by atomic mass is 16.6. The van der Waals surface area contributed by atoms with E-state index in [0.29, 0.717) is 90.6 Å². The van der Waals surface area contributed by atoms with Gasteiger partial charge in [0.1, 0.15) is 49.7 Å². The van der Waals surface area contributed by atoms with E-state index in [2.05, 4.69) is 31.1 Å². The number of esters is 5. The van der Waals surface area contributed by atoms with Crippen LogP contribution in [-0.4, -0.2) is 119 Å². The molecular formula is C58H92N2O15. The highest BCUT2D eigenvalue weighted by Crippen LogP contribution is 2.34. The largest absolute Gasteiger partial charge is 0.461 e. The lowest BCUT2D eigenvalue weighted by Gasteiger charge is -2.37. The van der Waals surface area contributed by atoms with Crippen LogP contribution >= 0.6 is 0 Å². The molecule has 2 fully saturated rings. The summed E-state index contributed by atoms with van der Waals surface area (Å²) in [6, 6.07) is 8.07. The standard InChI is InChI=1S/C36H55NO10.C22H37NO5/c1-4-5-6-12-17-31-33(47-35(31)40)24-30(46-36(41)32(37-27-38)23-28(2)3)16-11-8-13-18-42-19-20-43-21-22-44-26-34(39)45-25-29-14-9-7-10-15-29;1-5-7-9-10-12-18-20(28-21(18)25)14-17(11-8-6-2)27-22(26)19(23-15-24)13-16(3)4/h7-10,13-15,27-28,30-33H,4-6,11-12,16-26H2,1-3H3,(H,37,38);6,15-20H,2,5,7-14H2,1,3-4H3,(H,23,24)/b13-8+;/t30-,31-,32-,33-;17-,18-,19-,20-/m00/s1. The third-order valence-electron chi connectivity index (χ3n) is 12.8. The molecular weight excluding hydrogens is 965 g/mol. The zero-order chi connectivity index (χ0) is 55.1. The van der Waals surface area contributed by atoms with Gasteiger partial charge < -0.3 is 48.5 Å². The Morgan fingerprint density at radius 3 is 1.61 bits per heavy atom. The van der Waals surface area contributed by atoms with Gasteiger partial charge in [0.25, 0.3) is 0 Å². The molecule has 2 aliphatic heterocycles. The first-order valence-corrected chi connectivity index (χ1v) is 27.7. The third-order valence-corrected chi connectivity index (χ3v) is 12.8. The van der Waals surface area contributed by atoms with Crippen LogP contribution in [0.4, 0.5) is 0 Å². The van der Waals surface area contributed by atoms with Crippen LogP contribution in [0.15, 0.2) is 55.1 Å². The van der Waals surface area contributed by atoms with Crippen molar-refractivity contribution >= 4 is 42.7 Å². The second-order valence-electron chi connectivity index (χ2n) is 20.2. The van der Waals surface area contributed by atoms with Crippen LogP contribution in [0.2, 0.25) is 0 Å². The van der Waals surface area contributed by atoms with Crippen LogP contribution in [0.3, 0.4) is 0 Å². The Kier molecular flexibility index (Phi) is 36.1. The van der Waals surface area contributed by atoms with E-state index in [-0.39, 0.29) is 73.7 Å². The van der Waals surface area contributed by atoms with Gasteiger partial charge in [-0.3, -0.25) is 19.2 Å². The molecule has 1 aromatic rings. The number of carbonyl (C=O) groups excluding carboxylic acids is 7. The fourth-order valence-corrected chi connectivity index (χ4v) is 8.64.